The van der Waals surface area contributed by atoms with Crippen LogP contribution in [0.15, 0.2) is 40.7 Å². The van der Waals surface area contributed by atoms with Crippen LogP contribution in [0.4, 0.5) is 0 Å². The van der Waals surface area contributed by atoms with Crippen LogP contribution in [0.5, 0.6) is 0 Å². The molecule has 2 rings (SSSR count). The van der Waals surface area contributed by atoms with Gasteiger partial charge < -0.3 is 5.32 Å². The lowest BCUT2D eigenvalue weighted by Gasteiger charge is -2.14. The fourth-order valence-electron chi connectivity index (χ4n) is 1.63. The lowest BCUT2D eigenvalue weighted by molar-refractivity contribution is 0.0935. The SMILES string of the molecule is CCC(NC(=O)c1cccc(S)c1)c1nccs1. The third-order valence-corrected chi connectivity index (χ3v) is 3.74. The van der Waals surface area contributed by atoms with Gasteiger partial charge in [-0.15, -0.1) is 24.0 Å². The number of nitrogens with zero attached hydrogens (tertiary/aromatic N) is 1. The fourth-order valence-corrected chi connectivity index (χ4v) is 2.63. The van der Waals surface area contributed by atoms with E-state index in [1.54, 1.807) is 29.7 Å². The molecule has 0 aliphatic carbocycles. The van der Waals surface area contributed by atoms with Gasteiger partial charge in [0.05, 0.1) is 6.04 Å². The van der Waals surface area contributed by atoms with E-state index in [0.29, 0.717) is 5.56 Å². The van der Waals surface area contributed by atoms with Crippen LogP contribution in [-0.2, 0) is 0 Å². The van der Waals surface area contributed by atoms with Gasteiger partial charge in [0.1, 0.15) is 5.01 Å². The zero-order valence-corrected chi connectivity index (χ0v) is 11.7. The van der Waals surface area contributed by atoms with Crippen molar-refractivity contribution < 1.29 is 4.79 Å². The predicted octanol–water partition coefficient (Wildman–Crippen LogP) is 3.31. The Morgan fingerprint density at radius 3 is 3.00 bits per heavy atom. The van der Waals surface area contributed by atoms with Crippen molar-refractivity contribution in [2.24, 2.45) is 0 Å². The maximum absolute atomic E-state index is 12.1. The summed E-state index contributed by atoms with van der Waals surface area (Å²) in [4.78, 5) is 17.1. The maximum atomic E-state index is 12.1. The topological polar surface area (TPSA) is 42.0 Å². The van der Waals surface area contributed by atoms with Crippen LogP contribution in [0.1, 0.15) is 34.8 Å². The molecule has 0 saturated heterocycles. The number of rotatable bonds is 4. The number of thiol groups is 1. The summed E-state index contributed by atoms with van der Waals surface area (Å²) in [6.45, 7) is 2.03. The second-order valence-corrected chi connectivity index (χ2v) is 5.30. The molecule has 0 fully saturated rings. The van der Waals surface area contributed by atoms with E-state index < -0.39 is 0 Å². The van der Waals surface area contributed by atoms with Crippen LogP contribution in [0.2, 0.25) is 0 Å². The van der Waals surface area contributed by atoms with Gasteiger partial charge in [0.15, 0.2) is 0 Å². The number of thiazole rings is 1. The molecule has 5 heteroatoms. The lowest BCUT2D eigenvalue weighted by atomic mass is 10.2. The molecule has 2 aromatic rings. The molecule has 0 radical (unpaired) electrons. The van der Waals surface area contributed by atoms with Crippen LogP contribution >= 0.6 is 24.0 Å². The van der Waals surface area contributed by atoms with Crippen LogP contribution in [-0.4, -0.2) is 10.9 Å². The van der Waals surface area contributed by atoms with Crippen molar-refractivity contribution in [3.63, 3.8) is 0 Å². The van der Waals surface area contributed by atoms with E-state index in [4.69, 9.17) is 0 Å². The zero-order valence-electron chi connectivity index (χ0n) is 9.96. The molecule has 1 aromatic carbocycles. The number of carbonyl (C=O) groups excluding carboxylic acids is 1. The van der Waals surface area contributed by atoms with Gasteiger partial charge in [0.2, 0.25) is 0 Å². The third kappa shape index (κ3) is 3.11. The van der Waals surface area contributed by atoms with E-state index in [1.807, 2.05) is 24.4 Å². The Hall–Kier alpha value is -1.33. The average molecular weight is 278 g/mol. The number of nitrogens with one attached hydrogen (secondary N) is 1. The Bertz CT molecular complexity index is 526. The lowest BCUT2D eigenvalue weighted by Crippen LogP contribution is -2.28. The van der Waals surface area contributed by atoms with Gasteiger partial charge in [-0.1, -0.05) is 13.0 Å². The van der Waals surface area contributed by atoms with E-state index in [0.717, 1.165) is 16.3 Å². The molecule has 1 aromatic heterocycles. The molecule has 3 nitrogen and oxygen atoms in total. The Labute approximate surface area is 116 Å². The smallest absolute Gasteiger partial charge is 0.251 e. The van der Waals surface area contributed by atoms with Crippen molar-refractivity contribution in [1.82, 2.24) is 10.3 Å². The van der Waals surface area contributed by atoms with Gasteiger partial charge in [-0.25, -0.2) is 4.98 Å². The molecule has 94 valence electrons. The van der Waals surface area contributed by atoms with Crippen LogP contribution in [0.3, 0.4) is 0 Å². The molecule has 1 atom stereocenters. The van der Waals surface area contributed by atoms with E-state index in [1.165, 1.54) is 0 Å². The summed E-state index contributed by atoms with van der Waals surface area (Å²) < 4.78 is 0. The molecule has 0 aliphatic heterocycles. The van der Waals surface area contributed by atoms with Crippen molar-refractivity contribution in [2.75, 3.05) is 0 Å². The van der Waals surface area contributed by atoms with Crippen LogP contribution in [0, 0.1) is 0 Å². The number of benzene rings is 1. The minimum Gasteiger partial charge on any atom is -0.343 e. The largest absolute Gasteiger partial charge is 0.343 e. The second kappa shape index (κ2) is 6.02. The number of carbonyl (C=O) groups is 1. The molecular weight excluding hydrogens is 264 g/mol. The van der Waals surface area contributed by atoms with Gasteiger partial charge in [-0.2, -0.15) is 0 Å². The van der Waals surface area contributed by atoms with Crippen molar-refractivity contribution in [1.29, 1.82) is 0 Å². The Morgan fingerprint density at radius 1 is 1.56 bits per heavy atom. The normalized spacial score (nSPS) is 12.1. The highest BCUT2D eigenvalue weighted by Gasteiger charge is 2.15. The Balaban J connectivity index is 2.11. The maximum Gasteiger partial charge on any atom is 0.251 e. The van der Waals surface area contributed by atoms with E-state index >= 15 is 0 Å². The van der Waals surface area contributed by atoms with Crippen molar-refractivity contribution in [2.45, 2.75) is 24.3 Å². The third-order valence-electron chi connectivity index (χ3n) is 2.57. The first-order chi connectivity index (χ1) is 8.70. The summed E-state index contributed by atoms with van der Waals surface area (Å²) in [5.74, 6) is -0.0899. The molecule has 1 N–H and O–H groups in total. The molecule has 1 heterocycles. The standard InChI is InChI=1S/C13H14N2OS2/c1-2-11(13-14-6-7-18-13)15-12(16)9-4-3-5-10(17)8-9/h3-8,11,17H,2H2,1H3,(H,15,16). The molecule has 1 amide bonds. The first kappa shape index (κ1) is 13.1. The highest BCUT2D eigenvalue weighted by Crippen LogP contribution is 2.19. The predicted molar refractivity (Wildman–Crippen MR) is 76.3 cm³/mol. The van der Waals surface area contributed by atoms with E-state index in [2.05, 4.69) is 22.9 Å². The minimum atomic E-state index is -0.0899. The first-order valence-electron chi connectivity index (χ1n) is 5.70. The monoisotopic (exact) mass is 278 g/mol. The summed E-state index contributed by atoms with van der Waals surface area (Å²) >= 11 is 5.79. The molecule has 0 bridgehead atoms. The molecule has 18 heavy (non-hydrogen) atoms. The highest BCUT2D eigenvalue weighted by molar-refractivity contribution is 7.80. The van der Waals surface area contributed by atoms with Crippen LogP contribution < -0.4 is 5.32 Å². The average Bonchev–Trinajstić information content (AvgIpc) is 2.89. The van der Waals surface area contributed by atoms with E-state index in [-0.39, 0.29) is 11.9 Å². The first-order valence-corrected chi connectivity index (χ1v) is 7.02. The van der Waals surface area contributed by atoms with Crippen molar-refractivity contribution in [3.05, 3.63) is 46.4 Å². The molecule has 0 aliphatic rings. The number of hydrogen-bond donors (Lipinski definition) is 2. The zero-order chi connectivity index (χ0) is 13.0. The van der Waals surface area contributed by atoms with Gasteiger partial charge in [-0.3, -0.25) is 4.79 Å². The quantitative estimate of drug-likeness (QED) is 0.843. The van der Waals surface area contributed by atoms with Crippen molar-refractivity contribution >= 4 is 29.9 Å². The number of hydrogen-bond acceptors (Lipinski definition) is 4. The minimum absolute atomic E-state index is 0.0268. The molecular formula is C13H14N2OS2. The van der Waals surface area contributed by atoms with Gasteiger partial charge in [-0.05, 0) is 24.6 Å². The molecule has 0 saturated carbocycles. The second-order valence-electron chi connectivity index (χ2n) is 3.85. The van der Waals surface area contributed by atoms with Crippen molar-refractivity contribution in [3.8, 4) is 0 Å². The van der Waals surface area contributed by atoms with Gasteiger partial charge in [0.25, 0.3) is 5.91 Å². The summed E-state index contributed by atoms with van der Waals surface area (Å²) in [6.07, 6.45) is 2.57. The summed E-state index contributed by atoms with van der Waals surface area (Å²) in [7, 11) is 0. The van der Waals surface area contributed by atoms with Gasteiger partial charge in [0, 0.05) is 22.0 Å². The number of aromatic nitrogens is 1. The summed E-state index contributed by atoms with van der Waals surface area (Å²) in [5.41, 5.74) is 0.623. The Morgan fingerprint density at radius 2 is 2.39 bits per heavy atom. The van der Waals surface area contributed by atoms with Gasteiger partial charge >= 0.3 is 0 Å². The number of amides is 1. The van der Waals surface area contributed by atoms with Crippen LogP contribution in [0.25, 0.3) is 0 Å². The molecule has 0 spiro atoms. The van der Waals surface area contributed by atoms with E-state index in [9.17, 15) is 4.79 Å². The highest BCUT2D eigenvalue weighted by atomic mass is 32.1. The summed E-state index contributed by atoms with van der Waals surface area (Å²) in [5, 5.41) is 5.84. The molecule has 1 unspecified atom stereocenters. The summed E-state index contributed by atoms with van der Waals surface area (Å²) in [6, 6.07) is 7.18. The fraction of sp³-hybridized carbons (Fsp3) is 0.231. The Kier molecular flexibility index (Phi) is 4.38.